The van der Waals surface area contributed by atoms with Crippen molar-refractivity contribution in [3.05, 3.63) is 58.1 Å². The van der Waals surface area contributed by atoms with Gasteiger partial charge in [-0.15, -0.1) is 0 Å². The second-order valence-corrected chi connectivity index (χ2v) is 10.8. The number of nitrogens with zero attached hydrogens (tertiary/aromatic N) is 1. The normalized spacial score (nSPS) is 15.7. The predicted octanol–water partition coefficient (Wildman–Crippen LogP) is 4.98. The summed E-state index contributed by atoms with van der Waals surface area (Å²) in [6.45, 7) is 7.76. The summed E-state index contributed by atoms with van der Waals surface area (Å²) in [4.78, 5) is 24.4. The van der Waals surface area contributed by atoms with Crippen molar-refractivity contribution in [2.45, 2.75) is 51.3 Å². The quantitative estimate of drug-likeness (QED) is 0.333. The molecule has 0 unspecified atom stereocenters. The SMILES string of the molecule is CC(=O)c1ccc(S(=O)(=O)N2CCC(C(=O)Oc3cc(C)c(Cl)cc3C(C)C)CC2)cc1. The molecule has 0 aromatic heterocycles. The number of aryl methyl sites for hydroxylation is 1. The van der Waals surface area contributed by atoms with Crippen LogP contribution in [-0.2, 0) is 14.8 Å². The molecular formula is C24H28ClNO5S. The fourth-order valence-electron chi connectivity index (χ4n) is 3.74. The summed E-state index contributed by atoms with van der Waals surface area (Å²) in [6, 6.07) is 9.53. The van der Waals surface area contributed by atoms with Gasteiger partial charge in [0, 0.05) is 23.7 Å². The standard InChI is InChI=1S/C24H28ClNO5S/c1-15(2)21-14-22(25)16(3)13-23(21)31-24(28)19-9-11-26(12-10-19)32(29,30)20-7-5-18(6-8-20)17(4)27/h5-8,13-15,19H,9-12H2,1-4H3. The van der Waals surface area contributed by atoms with E-state index in [4.69, 9.17) is 16.3 Å². The van der Waals surface area contributed by atoms with Gasteiger partial charge >= 0.3 is 5.97 Å². The third-order valence-corrected chi connectivity index (χ3v) is 8.13. The molecule has 1 aliphatic rings. The molecule has 0 atom stereocenters. The van der Waals surface area contributed by atoms with E-state index in [2.05, 4.69) is 0 Å². The summed E-state index contributed by atoms with van der Waals surface area (Å²) in [5.41, 5.74) is 2.15. The highest BCUT2D eigenvalue weighted by Crippen LogP contribution is 2.33. The Morgan fingerprint density at radius 3 is 2.22 bits per heavy atom. The van der Waals surface area contributed by atoms with E-state index in [0.29, 0.717) is 29.2 Å². The van der Waals surface area contributed by atoms with Crippen molar-refractivity contribution < 1.29 is 22.7 Å². The molecule has 2 aromatic rings. The number of hydrogen-bond donors (Lipinski definition) is 0. The highest BCUT2D eigenvalue weighted by Gasteiger charge is 2.33. The van der Waals surface area contributed by atoms with E-state index < -0.39 is 10.0 Å². The highest BCUT2D eigenvalue weighted by molar-refractivity contribution is 7.89. The van der Waals surface area contributed by atoms with Gasteiger partial charge in [0.25, 0.3) is 0 Å². The van der Waals surface area contributed by atoms with E-state index in [0.717, 1.165) is 11.1 Å². The van der Waals surface area contributed by atoms with Gasteiger partial charge in [-0.05, 0) is 68.0 Å². The van der Waals surface area contributed by atoms with E-state index in [1.807, 2.05) is 26.8 Å². The lowest BCUT2D eigenvalue weighted by Gasteiger charge is -2.30. The molecule has 6 nitrogen and oxygen atoms in total. The number of rotatable bonds is 6. The van der Waals surface area contributed by atoms with Gasteiger partial charge in [0.15, 0.2) is 5.78 Å². The fourth-order valence-corrected chi connectivity index (χ4v) is 5.39. The monoisotopic (exact) mass is 477 g/mol. The second-order valence-electron chi connectivity index (χ2n) is 8.47. The molecule has 3 rings (SSSR count). The molecule has 0 aliphatic carbocycles. The molecule has 32 heavy (non-hydrogen) atoms. The van der Waals surface area contributed by atoms with Crippen molar-refractivity contribution in [1.82, 2.24) is 4.31 Å². The minimum atomic E-state index is -3.69. The zero-order valence-electron chi connectivity index (χ0n) is 18.7. The molecule has 172 valence electrons. The maximum atomic E-state index is 12.9. The third-order valence-electron chi connectivity index (χ3n) is 5.81. The van der Waals surface area contributed by atoms with Crippen LogP contribution in [0.1, 0.15) is 61.0 Å². The van der Waals surface area contributed by atoms with Crippen LogP contribution < -0.4 is 4.74 Å². The van der Waals surface area contributed by atoms with Gasteiger partial charge in [-0.1, -0.05) is 37.6 Å². The molecule has 1 aliphatic heterocycles. The molecule has 0 bridgehead atoms. The van der Waals surface area contributed by atoms with Crippen LogP contribution in [-0.4, -0.2) is 37.6 Å². The molecule has 1 fully saturated rings. The Hall–Kier alpha value is -2.22. The van der Waals surface area contributed by atoms with Gasteiger partial charge in [-0.2, -0.15) is 4.31 Å². The summed E-state index contributed by atoms with van der Waals surface area (Å²) in [5, 5.41) is 0.628. The summed E-state index contributed by atoms with van der Waals surface area (Å²) < 4.78 is 33.0. The fraction of sp³-hybridized carbons (Fsp3) is 0.417. The predicted molar refractivity (Wildman–Crippen MR) is 124 cm³/mol. The van der Waals surface area contributed by atoms with E-state index in [1.54, 1.807) is 6.07 Å². The second kappa shape index (κ2) is 9.73. The number of ketones is 1. The lowest BCUT2D eigenvalue weighted by atomic mass is 9.97. The van der Waals surface area contributed by atoms with Crippen molar-refractivity contribution in [2.75, 3.05) is 13.1 Å². The Morgan fingerprint density at radius 2 is 1.69 bits per heavy atom. The Balaban J connectivity index is 1.67. The number of ether oxygens (including phenoxy) is 1. The number of esters is 1. The minimum absolute atomic E-state index is 0.121. The largest absolute Gasteiger partial charge is 0.426 e. The van der Waals surface area contributed by atoms with Crippen molar-refractivity contribution in [3.63, 3.8) is 0 Å². The average molecular weight is 478 g/mol. The van der Waals surface area contributed by atoms with E-state index >= 15 is 0 Å². The van der Waals surface area contributed by atoms with Crippen LogP contribution in [0.2, 0.25) is 5.02 Å². The average Bonchev–Trinajstić information content (AvgIpc) is 2.76. The van der Waals surface area contributed by atoms with Gasteiger partial charge in [-0.25, -0.2) is 8.42 Å². The smallest absolute Gasteiger partial charge is 0.314 e. The summed E-state index contributed by atoms with van der Waals surface area (Å²) >= 11 is 6.23. The molecule has 0 amide bonds. The lowest BCUT2D eigenvalue weighted by Crippen LogP contribution is -2.41. The first-order valence-electron chi connectivity index (χ1n) is 10.6. The first-order chi connectivity index (χ1) is 15.0. The van der Waals surface area contributed by atoms with Crippen LogP contribution in [0, 0.1) is 12.8 Å². The van der Waals surface area contributed by atoms with Crippen LogP contribution in [0.5, 0.6) is 5.75 Å². The van der Waals surface area contributed by atoms with Crippen molar-refractivity contribution >= 4 is 33.4 Å². The Kier molecular flexibility index (Phi) is 7.43. The van der Waals surface area contributed by atoms with Gasteiger partial charge in [-0.3, -0.25) is 9.59 Å². The summed E-state index contributed by atoms with van der Waals surface area (Å²) in [5.74, 6) is -0.205. The van der Waals surface area contributed by atoms with E-state index in [-0.39, 0.29) is 41.6 Å². The molecule has 1 saturated heterocycles. The van der Waals surface area contributed by atoms with E-state index in [1.165, 1.54) is 35.5 Å². The number of halogens is 1. The van der Waals surface area contributed by atoms with Crippen LogP contribution in [0.4, 0.5) is 0 Å². The molecule has 2 aromatic carbocycles. The molecule has 1 heterocycles. The topological polar surface area (TPSA) is 80.8 Å². The number of Topliss-reactive ketones (excluding diaryl/α,β-unsaturated/α-hetero) is 1. The Morgan fingerprint density at radius 1 is 1.09 bits per heavy atom. The molecule has 0 radical (unpaired) electrons. The van der Waals surface area contributed by atoms with Gasteiger partial charge in [0.05, 0.1) is 10.8 Å². The van der Waals surface area contributed by atoms with Crippen molar-refractivity contribution in [2.24, 2.45) is 5.92 Å². The number of carbonyl (C=O) groups excluding carboxylic acids is 2. The van der Waals surface area contributed by atoms with Gasteiger partial charge in [0.1, 0.15) is 5.75 Å². The maximum Gasteiger partial charge on any atom is 0.314 e. The zero-order chi connectivity index (χ0) is 23.6. The molecule has 0 spiro atoms. The lowest BCUT2D eigenvalue weighted by molar-refractivity contribution is -0.140. The number of hydrogen-bond acceptors (Lipinski definition) is 5. The van der Waals surface area contributed by atoms with Crippen LogP contribution in [0.15, 0.2) is 41.3 Å². The Labute approximate surface area is 194 Å². The van der Waals surface area contributed by atoms with Crippen LogP contribution in [0.25, 0.3) is 0 Å². The number of piperidine rings is 1. The molecule has 0 N–H and O–H groups in total. The van der Waals surface area contributed by atoms with Gasteiger partial charge in [0.2, 0.25) is 10.0 Å². The van der Waals surface area contributed by atoms with Gasteiger partial charge < -0.3 is 4.74 Å². The highest BCUT2D eigenvalue weighted by atomic mass is 35.5. The number of benzene rings is 2. The van der Waals surface area contributed by atoms with Crippen molar-refractivity contribution in [1.29, 1.82) is 0 Å². The first kappa shape index (κ1) is 24.4. The zero-order valence-corrected chi connectivity index (χ0v) is 20.3. The number of sulfonamides is 1. The van der Waals surface area contributed by atoms with Crippen molar-refractivity contribution in [3.8, 4) is 5.75 Å². The number of carbonyl (C=O) groups is 2. The molecular weight excluding hydrogens is 450 g/mol. The summed E-state index contributed by atoms with van der Waals surface area (Å²) in [7, 11) is -3.69. The maximum absolute atomic E-state index is 12.9. The third kappa shape index (κ3) is 5.22. The molecule has 0 saturated carbocycles. The first-order valence-corrected chi connectivity index (χ1v) is 12.5. The van der Waals surface area contributed by atoms with E-state index in [9.17, 15) is 18.0 Å². The van der Waals surface area contributed by atoms with Crippen LogP contribution in [0.3, 0.4) is 0 Å². The minimum Gasteiger partial charge on any atom is -0.426 e. The Bertz CT molecular complexity index is 1120. The summed E-state index contributed by atoms with van der Waals surface area (Å²) in [6.07, 6.45) is 0.764. The van der Waals surface area contributed by atoms with Crippen LogP contribution >= 0.6 is 11.6 Å². The molecule has 8 heteroatoms.